The van der Waals surface area contributed by atoms with Crippen LogP contribution in [-0.2, 0) is 4.57 Å². The second kappa shape index (κ2) is 4.73. The number of allylic oxidation sites excluding steroid dienone is 2. The smallest absolute Gasteiger partial charge is 0.331 e. The second-order valence-electron chi connectivity index (χ2n) is 4.32. The Morgan fingerprint density at radius 2 is 2.05 bits per heavy atom. The van der Waals surface area contributed by atoms with Gasteiger partial charge in [-0.15, -0.1) is 0 Å². The van der Waals surface area contributed by atoms with Crippen molar-refractivity contribution in [2.24, 2.45) is 0 Å². The molecule has 0 bridgehead atoms. The third kappa shape index (κ3) is 2.81. The Bertz CT molecular complexity index is 698. The van der Waals surface area contributed by atoms with Gasteiger partial charge in [-0.05, 0) is 13.8 Å². The lowest BCUT2D eigenvalue weighted by atomic mass is 10.3. The Morgan fingerprint density at radius 3 is 2.63 bits per heavy atom. The quantitative estimate of drug-likeness (QED) is 0.712. The lowest BCUT2D eigenvalue weighted by Gasteiger charge is -2.12. The van der Waals surface area contributed by atoms with Gasteiger partial charge in [0.2, 0.25) is 0 Å². The molecule has 0 atom stereocenters. The monoisotopic (exact) mass is 283 g/mol. The van der Waals surface area contributed by atoms with Gasteiger partial charge in [0, 0.05) is 5.70 Å². The van der Waals surface area contributed by atoms with E-state index in [1.54, 1.807) is 13.8 Å². The molecule has 0 aromatic carbocycles. The summed E-state index contributed by atoms with van der Waals surface area (Å²) < 4.78 is 12.7. The zero-order valence-corrected chi connectivity index (χ0v) is 11.4. The molecule has 0 aliphatic rings. The number of hydrogen-bond acceptors (Lipinski definition) is 5. The van der Waals surface area contributed by atoms with Gasteiger partial charge in [0.15, 0.2) is 17.0 Å². The fourth-order valence-electron chi connectivity index (χ4n) is 1.72. The van der Waals surface area contributed by atoms with Gasteiger partial charge < -0.3 is 15.5 Å². The van der Waals surface area contributed by atoms with Gasteiger partial charge in [0.1, 0.15) is 12.7 Å². The summed E-state index contributed by atoms with van der Waals surface area (Å²) in [6.07, 6.45) is 2.34. The zero-order valence-electron chi connectivity index (χ0n) is 10.5. The molecule has 9 heteroatoms. The van der Waals surface area contributed by atoms with Crippen LogP contribution < -0.4 is 5.73 Å². The highest BCUT2D eigenvalue weighted by Gasteiger charge is 2.20. The van der Waals surface area contributed by atoms with Crippen LogP contribution in [0.2, 0.25) is 0 Å². The zero-order chi connectivity index (χ0) is 14.2. The van der Waals surface area contributed by atoms with Crippen LogP contribution >= 0.6 is 7.60 Å². The van der Waals surface area contributed by atoms with Crippen molar-refractivity contribution in [1.29, 1.82) is 0 Å². The first-order valence-electron chi connectivity index (χ1n) is 5.44. The first-order valence-corrected chi connectivity index (χ1v) is 7.24. The van der Waals surface area contributed by atoms with E-state index in [0.717, 1.165) is 5.57 Å². The minimum Gasteiger partial charge on any atom is -0.382 e. The van der Waals surface area contributed by atoms with E-state index >= 15 is 0 Å². The summed E-state index contributed by atoms with van der Waals surface area (Å²) in [4.78, 5) is 30.3. The molecular formula is C10H14N5O3P. The molecule has 2 heterocycles. The van der Waals surface area contributed by atoms with E-state index in [9.17, 15) is 4.57 Å². The molecular weight excluding hydrogens is 269 g/mol. The molecule has 0 unspecified atom stereocenters. The topological polar surface area (TPSA) is 127 Å². The number of hydrogen-bond donors (Lipinski definition) is 3. The Hall–Kier alpha value is -1.76. The van der Waals surface area contributed by atoms with Crippen molar-refractivity contribution in [3.05, 3.63) is 18.2 Å². The maximum absolute atomic E-state index is 11.2. The Balaban J connectivity index is 2.62. The van der Waals surface area contributed by atoms with E-state index in [-0.39, 0.29) is 12.0 Å². The molecule has 2 aromatic rings. The third-order valence-electron chi connectivity index (χ3n) is 2.59. The minimum absolute atomic E-state index is 0.230. The summed E-state index contributed by atoms with van der Waals surface area (Å²) in [6.45, 7) is 3.53. The molecule has 0 radical (unpaired) electrons. The molecule has 2 rings (SSSR count). The van der Waals surface area contributed by atoms with E-state index in [1.165, 1.54) is 17.2 Å². The van der Waals surface area contributed by atoms with E-state index < -0.39 is 7.60 Å². The van der Waals surface area contributed by atoms with Crippen LogP contribution in [0.25, 0.3) is 16.9 Å². The van der Waals surface area contributed by atoms with Crippen molar-refractivity contribution in [1.82, 2.24) is 19.5 Å². The normalized spacial score (nSPS) is 11.8. The molecule has 102 valence electrons. The van der Waals surface area contributed by atoms with Gasteiger partial charge in [0.25, 0.3) is 0 Å². The van der Waals surface area contributed by atoms with Gasteiger partial charge in [-0.2, -0.15) is 0 Å². The lowest BCUT2D eigenvalue weighted by Crippen LogP contribution is -2.05. The summed E-state index contributed by atoms with van der Waals surface area (Å²) in [5, 5.41) is 0. The highest BCUT2D eigenvalue weighted by atomic mass is 31.2. The maximum atomic E-state index is 11.2. The van der Waals surface area contributed by atoms with Crippen LogP contribution in [0.3, 0.4) is 0 Å². The van der Waals surface area contributed by atoms with Crippen molar-refractivity contribution >= 4 is 30.3 Å². The average Bonchev–Trinajstić information content (AvgIpc) is 2.69. The summed E-state index contributed by atoms with van der Waals surface area (Å²) in [7, 11) is -4.19. The Morgan fingerprint density at radius 1 is 1.37 bits per heavy atom. The number of aromatic nitrogens is 4. The first kappa shape index (κ1) is 13.7. The molecule has 2 aromatic heterocycles. The summed E-state index contributed by atoms with van der Waals surface area (Å²) in [6, 6.07) is 0. The summed E-state index contributed by atoms with van der Waals surface area (Å²) >= 11 is 0. The third-order valence-corrected chi connectivity index (χ3v) is 3.30. The molecule has 4 N–H and O–H groups in total. The predicted molar refractivity (Wildman–Crippen MR) is 71.2 cm³/mol. The van der Waals surface area contributed by atoms with Crippen molar-refractivity contribution < 1.29 is 14.4 Å². The standard InChI is InChI=1S/C10H14N5O3P/c1-6(2)7(3-19(16,17)18)15-5-14-8-9(11)12-4-13-10(8)15/h4-5H,3H2,1-2H3,(H2,11,12,13)(H2,16,17,18). The highest BCUT2D eigenvalue weighted by Crippen LogP contribution is 2.39. The van der Waals surface area contributed by atoms with Crippen LogP contribution in [0.15, 0.2) is 18.2 Å². The van der Waals surface area contributed by atoms with Gasteiger partial charge in [-0.25, -0.2) is 15.0 Å². The number of nitrogen functional groups attached to an aromatic ring is 1. The van der Waals surface area contributed by atoms with Crippen LogP contribution in [0.5, 0.6) is 0 Å². The van der Waals surface area contributed by atoms with Crippen LogP contribution in [0.1, 0.15) is 13.8 Å². The number of nitrogens with zero attached hydrogens (tertiary/aromatic N) is 4. The van der Waals surface area contributed by atoms with E-state index in [2.05, 4.69) is 15.0 Å². The van der Waals surface area contributed by atoms with Crippen LogP contribution in [0, 0.1) is 0 Å². The highest BCUT2D eigenvalue weighted by molar-refractivity contribution is 7.52. The minimum atomic E-state index is -4.19. The lowest BCUT2D eigenvalue weighted by molar-refractivity contribution is 0.377. The molecule has 0 fully saturated rings. The predicted octanol–water partition coefficient (Wildman–Crippen LogP) is 0.837. The number of rotatable bonds is 3. The fourth-order valence-corrected chi connectivity index (χ4v) is 2.58. The second-order valence-corrected chi connectivity index (χ2v) is 5.96. The fraction of sp³-hybridized carbons (Fsp3) is 0.300. The van der Waals surface area contributed by atoms with Crippen molar-refractivity contribution in [2.75, 3.05) is 11.9 Å². The summed E-state index contributed by atoms with van der Waals surface area (Å²) in [5.41, 5.74) is 7.73. The average molecular weight is 283 g/mol. The number of anilines is 1. The SMILES string of the molecule is CC(C)=C(CP(=O)(O)O)n1cnc2c(N)ncnc21. The number of imidazole rings is 1. The van der Waals surface area contributed by atoms with Crippen LogP contribution in [-0.4, -0.2) is 35.5 Å². The van der Waals surface area contributed by atoms with Crippen molar-refractivity contribution in [3.8, 4) is 0 Å². The van der Waals surface area contributed by atoms with Gasteiger partial charge in [-0.1, -0.05) is 5.57 Å². The van der Waals surface area contributed by atoms with Gasteiger partial charge >= 0.3 is 7.60 Å². The Labute approximate surface area is 109 Å². The molecule has 8 nitrogen and oxygen atoms in total. The van der Waals surface area contributed by atoms with Gasteiger partial charge in [-0.3, -0.25) is 9.13 Å². The molecule has 0 amide bonds. The first-order chi connectivity index (χ1) is 8.79. The Kier molecular flexibility index (Phi) is 3.40. The van der Waals surface area contributed by atoms with Crippen LogP contribution in [0.4, 0.5) is 5.82 Å². The molecule has 0 aliphatic carbocycles. The molecule has 0 spiro atoms. The van der Waals surface area contributed by atoms with Crippen molar-refractivity contribution in [3.63, 3.8) is 0 Å². The maximum Gasteiger partial charge on any atom is 0.331 e. The van der Waals surface area contributed by atoms with E-state index in [1.807, 2.05) is 0 Å². The number of nitrogens with two attached hydrogens (primary N) is 1. The molecule has 0 saturated carbocycles. The molecule has 0 saturated heterocycles. The molecule has 19 heavy (non-hydrogen) atoms. The molecule has 0 aliphatic heterocycles. The summed E-state index contributed by atoms with van der Waals surface area (Å²) in [5.74, 6) is 0.230. The van der Waals surface area contributed by atoms with Gasteiger partial charge in [0.05, 0.1) is 6.16 Å². The van der Waals surface area contributed by atoms with E-state index in [0.29, 0.717) is 16.9 Å². The number of fused-ring (bicyclic) bond motifs is 1. The van der Waals surface area contributed by atoms with Crippen molar-refractivity contribution in [2.45, 2.75) is 13.8 Å². The largest absolute Gasteiger partial charge is 0.382 e. The van der Waals surface area contributed by atoms with E-state index in [4.69, 9.17) is 15.5 Å².